The summed E-state index contributed by atoms with van der Waals surface area (Å²) in [6.07, 6.45) is 0.705. The third-order valence-electron chi connectivity index (χ3n) is 3.81. The SMILES string of the molecule is Cc1ccc(C(=O)O[C@H](C)C(=O)Nc2ccnn2C(C)C)cc1C. The molecule has 0 unspecified atom stereocenters. The number of hydrogen-bond acceptors (Lipinski definition) is 4. The van der Waals surface area contributed by atoms with Gasteiger partial charge in [0.25, 0.3) is 5.91 Å². The number of carbonyl (C=O) groups excluding carboxylic acids is 2. The van der Waals surface area contributed by atoms with Gasteiger partial charge in [-0.05, 0) is 57.9 Å². The van der Waals surface area contributed by atoms with Crippen LogP contribution in [0.4, 0.5) is 5.82 Å². The average molecular weight is 329 g/mol. The number of anilines is 1. The van der Waals surface area contributed by atoms with Gasteiger partial charge in [-0.25, -0.2) is 9.48 Å². The van der Waals surface area contributed by atoms with Gasteiger partial charge in [0.15, 0.2) is 6.10 Å². The van der Waals surface area contributed by atoms with Crippen LogP contribution in [0.25, 0.3) is 0 Å². The van der Waals surface area contributed by atoms with Crippen molar-refractivity contribution in [3.05, 3.63) is 47.2 Å². The van der Waals surface area contributed by atoms with E-state index in [2.05, 4.69) is 10.4 Å². The molecular formula is C18H23N3O3. The molecule has 2 aromatic rings. The summed E-state index contributed by atoms with van der Waals surface area (Å²) >= 11 is 0. The van der Waals surface area contributed by atoms with Crippen LogP contribution in [0, 0.1) is 13.8 Å². The van der Waals surface area contributed by atoms with Crippen LogP contribution in [-0.4, -0.2) is 27.8 Å². The minimum atomic E-state index is -0.908. The van der Waals surface area contributed by atoms with Crippen LogP contribution in [0.2, 0.25) is 0 Å². The number of amides is 1. The highest BCUT2D eigenvalue weighted by Gasteiger charge is 2.20. The van der Waals surface area contributed by atoms with Gasteiger partial charge in [-0.3, -0.25) is 4.79 Å². The van der Waals surface area contributed by atoms with Crippen LogP contribution in [0.1, 0.15) is 48.3 Å². The van der Waals surface area contributed by atoms with Gasteiger partial charge in [0.2, 0.25) is 0 Å². The largest absolute Gasteiger partial charge is 0.449 e. The molecule has 1 aromatic heterocycles. The molecule has 1 atom stereocenters. The van der Waals surface area contributed by atoms with Crippen LogP contribution in [0.5, 0.6) is 0 Å². The standard InChI is InChI=1S/C18H23N3O3/c1-11(2)21-16(8-9-19-21)20-17(22)14(5)24-18(23)15-7-6-12(3)13(4)10-15/h6-11,14H,1-5H3,(H,20,22)/t14-/m1/s1. The second kappa shape index (κ2) is 7.29. The Morgan fingerprint density at radius 2 is 1.83 bits per heavy atom. The van der Waals surface area contributed by atoms with Crippen molar-refractivity contribution < 1.29 is 14.3 Å². The lowest BCUT2D eigenvalue weighted by atomic mass is 10.1. The van der Waals surface area contributed by atoms with E-state index in [1.165, 1.54) is 0 Å². The quantitative estimate of drug-likeness (QED) is 0.855. The summed E-state index contributed by atoms with van der Waals surface area (Å²) in [6, 6.07) is 7.14. The van der Waals surface area contributed by atoms with E-state index in [9.17, 15) is 9.59 Å². The van der Waals surface area contributed by atoms with E-state index in [0.29, 0.717) is 11.4 Å². The Morgan fingerprint density at radius 1 is 1.12 bits per heavy atom. The molecule has 0 aliphatic rings. The van der Waals surface area contributed by atoms with E-state index in [-0.39, 0.29) is 6.04 Å². The van der Waals surface area contributed by atoms with Crippen molar-refractivity contribution in [2.24, 2.45) is 0 Å². The Balaban J connectivity index is 2.01. The maximum Gasteiger partial charge on any atom is 0.338 e. The first-order valence-corrected chi connectivity index (χ1v) is 7.92. The number of rotatable bonds is 5. The first-order chi connectivity index (χ1) is 11.3. The molecule has 6 heteroatoms. The molecule has 24 heavy (non-hydrogen) atoms. The minimum Gasteiger partial charge on any atom is -0.449 e. The number of hydrogen-bond donors (Lipinski definition) is 1. The Hall–Kier alpha value is -2.63. The predicted molar refractivity (Wildman–Crippen MR) is 92.0 cm³/mol. The van der Waals surface area contributed by atoms with Crippen molar-refractivity contribution >= 4 is 17.7 Å². The molecule has 6 nitrogen and oxygen atoms in total. The molecule has 0 bridgehead atoms. The number of esters is 1. The van der Waals surface area contributed by atoms with Crippen LogP contribution in [-0.2, 0) is 9.53 Å². The number of aromatic nitrogens is 2. The van der Waals surface area contributed by atoms with Gasteiger partial charge in [0.05, 0.1) is 11.8 Å². The molecule has 0 saturated carbocycles. The lowest BCUT2D eigenvalue weighted by molar-refractivity contribution is -0.123. The lowest BCUT2D eigenvalue weighted by Crippen LogP contribution is -2.31. The summed E-state index contributed by atoms with van der Waals surface area (Å²) in [5, 5.41) is 6.88. The molecule has 1 heterocycles. The van der Waals surface area contributed by atoms with Gasteiger partial charge in [0, 0.05) is 12.1 Å². The number of benzene rings is 1. The smallest absolute Gasteiger partial charge is 0.338 e. The van der Waals surface area contributed by atoms with Crippen LogP contribution in [0.15, 0.2) is 30.5 Å². The van der Waals surface area contributed by atoms with E-state index in [1.54, 1.807) is 36.0 Å². The number of nitrogens with one attached hydrogen (secondary N) is 1. The molecule has 1 aromatic carbocycles. The van der Waals surface area contributed by atoms with E-state index in [1.807, 2.05) is 33.8 Å². The molecule has 0 saturated heterocycles. The van der Waals surface area contributed by atoms with E-state index < -0.39 is 18.0 Å². The topological polar surface area (TPSA) is 73.2 Å². The number of nitrogens with zero attached hydrogens (tertiary/aromatic N) is 2. The molecule has 1 amide bonds. The third kappa shape index (κ3) is 4.01. The molecule has 0 radical (unpaired) electrons. The summed E-state index contributed by atoms with van der Waals surface area (Å²) in [4.78, 5) is 24.4. The lowest BCUT2D eigenvalue weighted by Gasteiger charge is -2.16. The highest BCUT2D eigenvalue weighted by Crippen LogP contribution is 2.15. The second-order valence-electron chi connectivity index (χ2n) is 6.09. The van der Waals surface area contributed by atoms with Crippen LogP contribution >= 0.6 is 0 Å². The molecular weight excluding hydrogens is 306 g/mol. The zero-order valence-corrected chi connectivity index (χ0v) is 14.7. The van der Waals surface area contributed by atoms with Crippen molar-refractivity contribution in [3.8, 4) is 0 Å². The summed E-state index contributed by atoms with van der Waals surface area (Å²) < 4.78 is 6.95. The van der Waals surface area contributed by atoms with Crippen molar-refractivity contribution in [1.29, 1.82) is 0 Å². The van der Waals surface area contributed by atoms with Crippen molar-refractivity contribution in [1.82, 2.24) is 9.78 Å². The van der Waals surface area contributed by atoms with Gasteiger partial charge in [0.1, 0.15) is 5.82 Å². The molecule has 2 rings (SSSR count). The highest BCUT2D eigenvalue weighted by molar-refractivity contribution is 5.97. The number of aryl methyl sites for hydroxylation is 2. The normalized spacial score (nSPS) is 12.1. The molecule has 0 aliphatic heterocycles. The summed E-state index contributed by atoms with van der Waals surface area (Å²) in [6.45, 7) is 9.37. The van der Waals surface area contributed by atoms with E-state index >= 15 is 0 Å². The van der Waals surface area contributed by atoms with Crippen molar-refractivity contribution in [3.63, 3.8) is 0 Å². The molecule has 1 N–H and O–H groups in total. The number of ether oxygens (including phenoxy) is 1. The van der Waals surface area contributed by atoms with E-state index in [4.69, 9.17) is 4.74 Å². The van der Waals surface area contributed by atoms with Gasteiger partial charge in [-0.15, -0.1) is 0 Å². The Labute approximate surface area is 141 Å². The second-order valence-corrected chi connectivity index (χ2v) is 6.09. The molecule has 0 fully saturated rings. The molecule has 128 valence electrons. The molecule has 0 aliphatic carbocycles. The van der Waals surface area contributed by atoms with Crippen molar-refractivity contribution in [2.45, 2.75) is 46.8 Å². The fourth-order valence-corrected chi connectivity index (χ4v) is 2.20. The summed E-state index contributed by atoms with van der Waals surface area (Å²) in [5.74, 6) is -0.336. The zero-order chi connectivity index (χ0) is 17.9. The van der Waals surface area contributed by atoms with Crippen LogP contribution < -0.4 is 5.32 Å². The van der Waals surface area contributed by atoms with Gasteiger partial charge in [-0.2, -0.15) is 5.10 Å². The first-order valence-electron chi connectivity index (χ1n) is 7.92. The maximum atomic E-state index is 12.2. The maximum absolute atomic E-state index is 12.2. The minimum absolute atomic E-state index is 0.115. The average Bonchev–Trinajstić information content (AvgIpc) is 2.98. The monoisotopic (exact) mass is 329 g/mol. The Bertz CT molecular complexity index is 750. The predicted octanol–water partition coefficient (Wildman–Crippen LogP) is 3.26. The molecule has 0 spiro atoms. The number of carbonyl (C=O) groups is 2. The summed E-state index contributed by atoms with van der Waals surface area (Å²) in [5.41, 5.74) is 2.53. The third-order valence-corrected chi connectivity index (χ3v) is 3.81. The van der Waals surface area contributed by atoms with Gasteiger partial charge >= 0.3 is 5.97 Å². The van der Waals surface area contributed by atoms with Crippen LogP contribution in [0.3, 0.4) is 0 Å². The fraction of sp³-hybridized carbons (Fsp3) is 0.389. The fourth-order valence-electron chi connectivity index (χ4n) is 2.20. The van der Waals surface area contributed by atoms with Gasteiger partial charge in [-0.1, -0.05) is 6.07 Å². The Morgan fingerprint density at radius 3 is 2.46 bits per heavy atom. The van der Waals surface area contributed by atoms with Gasteiger partial charge < -0.3 is 10.1 Å². The zero-order valence-electron chi connectivity index (χ0n) is 14.7. The highest BCUT2D eigenvalue weighted by atomic mass is 16.5. The summed E-state index contributed by atoms with van der Waals surface area (Å²) in [7, 11) is 0. The Kier molecular flexibility index (Phi) is 5.39. The first kappa shape index (κ1) is 17.7. The van der Waals surface area contributed by atoms with Crippen molar-refractivity contribution in [2.75, 3.05) is 5.32 Å². The van der Waals surface area contributed by atoms with E-state index in [0.717, 1.165) is 11.1 Å².